The van der Waals surface area contributed by atoms with Gasteiger partial charge in [-0.1, -0.05) is 103 Å². The molecule has 0 amide bonds. The molecule has 1 aliphatic heterocycles. The van der Waals surface area contributed by atoms with Crippen LogP contribution in [0.25, 0.3) is 0 Å². The summed E-state index contributed by atoms with van der Waals surface area (Å²) in [7, 11) is -2.22. The molecule has 3 aromatic rings. The third-order valence-electron chi connectivity index (χ3n) is 5.77. The highest BCUT2D eigenvalue weighted by atomic mass is 28.3. The van der Waals surface area contributed by atoms with Crippen molar-refractivity contribution in [2.45, 2.75) is 11.6 Å². The van der Waals surface area contributed by atoms with Gasteiger partial charge in [0.15, 0.2) is 8.07 Å². The zero-order valence-electron chi connectivity index (χ0n) is 14.5. The molecule has 2 heteroatoms. The van der Waals surface area contributed by atoms with E-state index in [4.69, 9.17) is 0 Å². The second kappa shape index (κ2) is 6.15. The molecule has 0 saturated heterocycles. The first-order chi connectivity index (χ1) is 12.9. The number of para-hydroxylation sites is 1. The summed E-state index contributed by atoms with van der Waals surface area (Å²) in [4.78, 5) is 0. The lowest BCUT2D eigenvalue weighted by molar-refractivity contribution is 0.850. The molecule has 26 heavy (non-hydrogen) atoms. The van der Waals surface area contributed by atoms with Gasteiger partial charge in [0.25, 0.3) is 0 Å². The first-order valence-corrected chi connectivity index (χ1v) is 11.3. The average molecular weight is 352 g/mol. The van der Waals surface area contributed by atoms with Gasteiger partial charge in [0.2, 0.25) is 0 Å². The lowest BCUT2D eigenvalue weighted by Gasteiger charge is -2.48. The maximum absolute atomic E-state index is 3.79. The molecule has 1 nitrogen and oxygen atoms in total. The van der Waals surface area contributed by atoms with Crippen LogP contribution in [-0.2, 0) is 0 Å². The molecule has 2 aliphatic rings. The molecular weight excluding hydrogens is 330 g/mol. The molecule has 0 bridgehead atoms. The highest BCUT2D eigenvalue weighted by molar-refractivity contribution is 7.13. The van der Waals surface area contributed by atoms with Crippen molar-refractivity contribution in [1.82, 2.24) is 0 Å². The van der Waals surface area contributed by atoms with Crippen molar-refractivity contribution in [3.63, 3.8) is 0 Å². The fraction of sp³-hybridized carbons (Fsp3) is 0.0833. The highest BCUT2D eigenvalue weighted by Gasteiger charge is 2.51. The quantitative estimate of drug-likeness (QED) is 0.698. The van der Waals surface area contributed by atoms with Gasteiger partial charge in [0.1, 0.15) is 0 Å². The maximum atomic E-state index is 3.79. The smallest absolute Gasteiger partial charge is 0.159 e. The Kier molecular flexibility index (Phi) is 3.65. The SMILES string of the molecule is C1=CC2Nc3ccccc3[Si](c3ccccc3)(c3ccccc3)C2C=C1. The number of rotatable bonds is 2. The Morgan fingerprint density at radius 2 is 1.19 bits per heavy atom. The molecule has 0 saturated carbocycles. The standard InChI is InChI=1S/C24H21NSi/c1-3-11-19(12-4-1)26(20-13-5-2-6-14-20)23-17-9-7-15-21(23)25-22-16-8-10-18-24(22)26/h1-18,21,23,25H. The van der Waals surface area contributed by atoms with Crippen molar-refractivity contribution in [2.24, 2.45) is 0 Å². The normalized spacial score (nSPS) is 22.2. The van der Waals surface area contributed by atoms with Crippen molar-refractivity contribution in [1.29, 1.82) is 0 Å². The van der Waals surface area contributed by atoms with Gasteiger partial charge in [-0.3, -0.25) is 0 Å². The number of benzene rings is 3. The Balaban J connectivity index is 1.90. The Morgan fingerprint density at radius 1 is 0.615 bits per heavy atom. The van der Waals surface area contributed by atoms with Gasteiger partial charge >= 0.3 is 0 Å². The lowest BCUT2D eigenvalue weighted by Crippen LogP contribution is -2.74. The number of nitrogens with one attached hydrogen (secondary N) is 1. The predicted molar refractivity (Wildman–Crippen MR) is 113 cm³/mol. The first-order valence-electron chi connectivity index (χ1n) is 9.23. The van der Waals surface area contributed by atoms with E-state index in [0.717, 1.165) is 0 Å². The van der Waals surface area contributed by atoms with Crippen LogP contribution in [0.3, 0.4) is 0 Å². The highest BCUT2D eigenvalue weighted by Crippen LogP contribution is 2.37. The minimum Gasteiger partial charge on any atom is -0.379 e. The average Bonchev–Trinajstić information content (AvgIpc) is 2.73. The summed E-state index contributed by atoms with van der Waals surface area (Å²) < 4.78 is 0. The minimum atomic E-state index is -2.22. The lowest BCUT2D eigenvalue weighted by atomic mass is 10.1. The molecule has 1 N–H and O–H groups in total. The summed E-state index contributed by atoms with van der Waals surface area (Å²) >= 11 is 0. The number of hydrogen-bond acceptors (Lipinski definition) is 1. The van der Waals surface area contributed by atoms with Crippen LogP contribution in [0.4, 0.5) is 5.69 Å². The van der Waals surface area contributed by atoms with E-state index < -0.39 is 8.07 Å². The molecule has 2 atom stereocenters. The molecule has 3 aromatic carbocycles. The molecule has 0 aromatic heterocycles. The zero-order valence-corrected chi connectivity index (χ0v) is 15.5. The van der Waals surface area contributed by atoms with E-state index in [1.807, 2.05) is 0 Å². The van der Waals surface area contributed by atoms with E-state index in [0.29, 0.717) is 11.6 Å². The van der Waals surface area contributed by atoms with Crippen molar-refractivity contribution in [3.05, 3.63) is 109 Å². The fourth-order valence-corrected chi connectivity index (χ4v) is 10.3. The molecule has 1 heterocycles. The van der Waals surface area contributed by atoms with Crippen LogP contribution in [0.1, 0.15) is 0 Å². The van der Waals surface area contributed by atoms with E-state index >= 15 is 0 Å². The Morgan fingerprint density at radius 3 is 1.88 bits per heavy atom. The number of allylic oxidation sites excluding steroid dienone is 2. The topological polar surface area (TPSA) is 12.0 Å². The van der Waals surface area contributed by atoms with E-state index in [-0.39, 0.29) is 0 Å². The molecule has 0 spiro atoms. The third-order valence-corrected chi connectivity index (χ3v) is 11.1. The molecule has 126 valence electrons. The second-order valence-electron chi connectivity index (χ2n) is 7.05. The van der Waals surface area contributed by atoms with Crippen molar-refractivity contribution in [2.75, 3.05) is 5.32 Å². The summed E-state index contributed by atoms with van der Waals surface area (Å²) in [6, 6.07) is 31.6. The molecule has 0 fully saturated rings. The number of fused-ring (bicyclic) bond motifs is 2. The second-order valence-corrected chi connectivity index (χ2v) is 11.0. The van der Waals surface area contributed by atoms with E-state index in [9.17, 15) is 0 Å². The Hall–Kier alpha value is -2.84. The van der Waals surface area contributed by atoms with Crippen LogP contribution >= 0.6 is 0 Å². The molecule has 5 rings (SSSR count). The van der Waals surface area contributed by atoms with Gasteiger partial charge in [0, 0.05) is 17.3 Å². The van der Waals surface area contributed by atoms with Crippen LogP contribution in [0.15, 0.2) is 109 Å². The van der Waals surface area contributed by atoms with Gasteiger partial charge in [-0.25, -0.2) is 0 Å². The predicted octanol–water partition coefficient (Wildman–Crippen LogP) is 3.45. The molecule has 2 unspecified atom stereocenters. The van der Waals surface area contributed by atoms with Gasteiger partial charge < -0.3 is 5.32 Å². The van der Waals surface area contributed by atoms with Crippen LogP contribution in [0.5, 0.6) is 0 Å². The maximum Gasteiger partial charge on any atom is 0.159 e. The van der Waals surface area contributed by atoms with E-state index in [1.165, 1.54) is 21.2 Å². The van der Waals surface area contributed by atoms with Crippen LogP contribution < -0.4 is 20.9 Å². The monoisotopic (exact) mass is 351 g/mol. The fourth-order valence-electron chi connectivity index (χ4n) is 4.74. The zero-order chi connectivity index (χ0) is 17.4. The third kappa shape index (κ3) is 2.16. The Labute approximate surface area is 155 Å². The van der Waals surface area contributed by atoms with E-state index in [2.05, 4.69) is 115 Å². The van der Waals surface area contributed by atoms with E-state index in [1.54, 1.807) is 0 Å². The van der Waals surface area contributed by atoms with Crippen molar-refractivity contribution >= 4 is 29.3 Å². The van der Waals surface area contributed by atoms with Crippen LogP contribution in [0, 0.1) is 0 Å². The molecule has 1 aliphatic carbocycles. The first kappa shape index (κ1) is 15.4. The molecule has 0 radical (unpaired) electrons. The number of anilines is 1. The van der Waals surface area contributed by atoms with Crippen LogP contribution in [-0.4, -0.2) is 14.1 Å². The Bertz CT molecular complexity index is 936. The van der Waals surface area contributed by atoms with Gasteiger partial charge in [0.05, 0.1) is 0 Å². The van der Waals surface area contributed by atoms with Gasteiger partial charge in [-0.2, -0.15) is 0 Å². The van der Waals surface area contributed by atoms with Crippen molar-refractivity contribution in [3.8, 4) is 0 Å². The van der Waals surface area contributed by atoms with Gasteiger partial charge in [-0.15, -0.1) is 0 Å². The summed E-state index contributed by atoms with van der Waals surface area (Å²) in [6.45, 7) is 0. The van der Waals surface area contributed by atoms with Crippen LogP contribution in [0.2, 0.25) is 5.54 Å². The summed E-state index contributed by atoms with van der Waals surface area (Å²) in [6.07, 6.45) is 9.16. The minimum absolute atomic E-state index is 0.335. The molecular formula is C24H21NSi. The van der Waals surface area contributed by atoms with Gasteiger partial charge in [-0.05, 0) is 21.6 Å². The summed E-state index contributed by atoms with van der Waals surface area (Å²) in [5.74, 6) is 0. The largest absolute Gasteiger partial charge is 0.379 e. The number of hydrogen-bond donors (Lipinski definition) is 1. The summed E-state index contributed by atoms with van der Waals surface area (Å²) in [5.41, 5.74) is 1.74. The van der Waals surface area contributed by atoms with Crippen molar-refractivity contribution < 1.29 is 0 Å². The summed E-state index contributed by atoms with van der Waals surface area (Å²) in [5, 5.41) is 8.24.